The fourth-order valence-electron chi connectivity index (χ4n) is 5.99. The van der Waals surface area contributed by atoms with E-state index < -0.39 is 16.9 Å². The van der Waals surface area contributed by atoms with E-state index in [-0.39, 0.29) is 53.3 Å². The number of nitrogens with one attached hydrogen (secondary N) is 1. The van der Waals surface area contributed by atoms with Crippen LogP contribution in [0, 0.1) is 40.7 Å². The van der Waals surface area contributed by atoms with Gasteiger partial charge in [-0.25, -0.2) is 0 Å². The highest BCUT2D eigenvalue weighted by Crippen LogP contribution is 2.56. The molecule has 5 atom stereocenters. The topological polar surface area (TPSA) is 110 Å². The van der Waals surface area contributed by atoms with Crippen molar-refractivity contribution in [1.29, 1.82) is 0 Å². The van der Waals surface area contributed by atoms with Crippen molar-refractivity contribution in [3.05, 3.63) is 69.8 Å². The van der Waals surface area contributed by atoms with Crippen LogP contribution in [0.2, 0.25) is 0 Å². The quantitative estimate of drug-likeness (QED) is 0.414. The average Bonchev–Trinajstić information content (AvgIpc) is 3.48. The molecule has 0 unspecified atom stereocenters. The minimum Gasteiger partial charge on any atom is -0.324 e. The number of carbonyl (C=O) groups is 3. The van der Waals surface area contributed by atoms with Crippen LogP contribution in [0.5, 0.6) is 0 Å². The predicted molar refractivity (Wildman–Crippen MR) is 120 cm³/mol. The Morgan fingerprint density at radius 3 is 2.33 bits per heavy atom. The largest absolute Gasteiger partial charge is 0.324 e. The average molecular weight is 447 g/mol. The first-order valence-electron chi connectivity index (χ1n) is 11.3. The zero-order valence-electron chi connectivity index (χ0n) is 18.3. The van der Waals surface area contributed by atoms with E-state index in [1.165, 1.54) is 11.0 Å². The number of imide groups is 1. The van der Waals surface area contributed by atoms with Gasteiger partial charge in [0.15, 0.2) is 0 Å². The number of anilines is 1. The molecule has 3 aliphatic rings. The van der Waals surface area contributed by atoms with Gasteiger partial charge in [-0.15, -0.1) is 0 Å². The van der Waals surface area contributed by atoms with Gasteiger partial charge in [0, 0.05) is 23.7 Å². The van der Waals surface area contributed by atoms with Crippen LogP contribution < -0.4 is 5.32 Å². The molecule has 1 heterocycles. The maximum atomic E-state index is 13.4. The van der Waals surface area contributed by atoms with Gasteiger partial charge in [-0.1, -0.05) is 36.4 Å². The molecule has 3 fully saturated rings. The number of nitro groups is 1. The number of fused-ring (bicyclic) bond motifs is 5. The summed E-state index contributed by atoms with van der Waals surface area (Å²) >= 11 is 0. The number of carbonyl (C=O) groups excluding carboxylic acids is 3. The number of hydrogen-bond donors (Lipinski definition) is 1. The lowest BCUT2D eigenvalue weighted by atomic mass is 9.81. The lowest BCUT2D eigenvalue weighted by Gasteiger charge is -2.27. The Balaban J connectivity index is 1.46. The number of nitro benzene ring substituents is 1. The summed E-state index contributed by atoms with van der Waals surface area (Å²) in [5, 5.41) is 14.0. The molecule has 3 amide bonds. The SMILES string of the molecule is Cc1ccc(NC(=O)[C@H](Cc2ccccc2)N2C(=O)[C@@H]3[C@H]4CC[C@H](C4)[C@@H]3C2=O)cc1[N+](=O)[O-]. The Bertz CT molecular complexity index is 1120. The second-order valence-corrected chi connectivity index (χ2v) is 9.38. The van der Waals surface area contributed by atoms with E-state index in [0.717, 1.165) is 24.8 Å². The fourth-order valence-corrected chi connectivity index (χ4v) is 5.99. The minimum atomic E-state index is -1.02. The lowest BCUT2D eigenvalue weighted by molar-refractivity contribution is -0.385. The molecule has 1 saturated heterocycles. The molecule has 5 rings (SSSR count). The summed E-state index contributed by atoms with van der Waals surface area (Å²) < 4.78 is 0. The summed E-state index contributed by atoms with van der Waals surface area (Å²) in [6.45, 7) is 1.62. The van der Waals surface area contributed by atoms with Crippen molar-refractivity contribution in [3.63, 3.8) is 0 Å². The smallest absolute Gasteiger partial charge is 0.274 e. The summed E-state index contributed by atoms with van der Waals surface area (Å²) in [4.78, 5) is 52.2. The van der Waals surface area contributed by atoms with Crippen molar-refractivity contribution in [2.24, 2.45) is 23.7 Å². The number of nitrogens with zero attached hydrogens (tertiary/aromatic N) is 2. The standard InChI is InChI=1S/C25H25N3O5/c1-14-7-10-18(13-19(14)28(32)33)26-23(29)20(11-15-5-3-2-4-6-15)27-24(30)21-16-8-9-17(12-16)22(21)25(27)31/h2-7,10,13,16-17,20-22H,8-9,11-12H2,1H3,(H,26,29)/t16-,17+,20-,21+,22-/m0/s1. The van der Waals surface area contributed by atoms with Crippen molar-refractivity contribution in [2.45, 2.75) is 38.6 Å². The molecule has 0 radical (unpaired) electrons. The molecule has 2 aromatic rings. The summed E-state index contributed by atoms with van der Waals surface area (Å²) in [5.41, 5.74) is 1.46. The molecule has 8 nitrogen and oxygen atoms in total. The number of amides is 3. The highest BCUT2D eigenvalue weighted by molar-refractivity contribution is 6.10. The van der Waals surface area contributed by atoms with Gasteiger partial charge in [-0.05, 0) is 49.7 Å². The number of aryl methyl sites for hydroxylation is 1. The normalized spacial score (nSPS) is 26.4. The maximum Gasteiger partial charge on any atom is 0.274 e. The van der Waals surface area contributed by atoms with E-state index >= 15 is 0 Å². The maximum absolute atomic E-state index is 13.4. The number of hydrogen-bond acceptors (Lipinski definition) is 5. The summed E-state index contributed by atoms with van der Waals surface area (Å²) in [6, 6.07) is 12.7. The van der Waals surface area contributed by atoms with Crippen molar-refractivity contribution in [2.75, 3.05) is 5.32 Å². The number of rotatable bonds is 6. The second-order valence-electron chi connectivity index (χ2n) is 9.38. The van der Waals surface area contributed by atoms with Crippen molar-refractivity contribution < 1.29 is 19.3 Å². The zero-order chi connectivity index (χ0) is 23.3. The Morgan fingerprint density at radius 1 is 1.09 bits per heavy atom. The fraction of sp³-hybridized carbons (Fsp3) is 0.400. The Kier molecular flexibility index (Phi) is 5.23. The second kappa shape index (κ2) is 8.10. The molecule has 0 spiro atoms. The highest BCUT2D eigenvalue weighted by Gasteiger charge is 2.62. The van der Waals surface area contributed by atoms with Gasteiger partial charge < -0.3 is 5.32 Å². The van der Waals surface area contributed by atoms with Crippen LogP contribution in [0.4, 0.5) is 11.4 Å². The monoisotopic (exact) mass is 447 g/mol. The van der Waals surface area contributed by atoms with Gasteiger partial charge in [-0.3, -0.25) is 29.4 Å². The molecule has 2 aliphatic carbocycles. The molecule has 33 heavy (non-hydrogen) atoms. The molecular weight excluding hydrogens is 422 g/mol. The van der Waals surface area contributed by atoms with E-state index in [4.69, 9.17) is 0 Å². The minimum absolute atomic E-state index is 0.105. The third-order valence-corrected chi connectivity index (χ3v) is 7.52. The summed E-state index contributed by atoms with van der Waals surface area (Å²) in [7, 11) is 0. The van der Waals surface area contributed by atoms with Crippen molar-refractivity contribution in [1.82, 2.24) is 4.90 Å². The highest BCUT2D eigenvalue weighted by atomic mass is 16.6. The van der Waals surface area contributed by atoms with Crippen LogP contribution in [-0.2, 0) is 20.8 Å². The molecule has 2 aromatic carbocycles. The Hall–Kier alpha value is -3.55. The lowest BCUT2D eigenvalue weighted by Crippen LogP contribution is -2.49. The molecule has 0 aromatic heterocycles. The predicted octanol–water partition coefficient (Wildman–Crippen LogP) is 3.48. The molecule has 170 valence electrons. The van der Waals surface area contributed by atoms with Gasteiger partial charge in [0.25, 0.3) is 5.69 Å². The van der Waals surface area contributed by atoms with Crippen molar-refractivity contribution >= 4 is 29.1 Å². The first-order chi connectivity index (χ1) is 15.8. The first kappa shape index (κ1) is 21.3. The van der Waals surface area contributed by atoms with E-state index in [2.05, 4.69) is 5.32 Å². The Morgan fingerprint density at radius 2 is 1.73 bits per heavy atom. The molecule has 8 heteroatoms. The van der Waals surface area contributed by atoms with Crippen LogP contribution in [0.15, 0.2) is 48.5 Å². The first-order valence-corrected chi connectivity index (χ1v) is 11.3. The molecule has 2 saturated carbocycles. The summed E-state index contributed by atoms with van der Waals surface area (Å²) in [6.07, 6.45) is 3.03. The molecule has 2 bridgehead atoms. The van der Waals surface area contributed by atoms with Crippen LogP contribution in [0.3, 0.4) is 0 Å². The van der Waals surface area contributed by atoms with Gasteiger partial charge >= 0.3 is 0 Å². The van der Waals surface area contributed by atoms with Crippen LogP contribution in [0.25, 0.3) is 0 Å². The molecule has 1 aliphatic heterocycles. The van der Waals surface area contributed by atoms with E-state index in [9.17, 15) is 24.5 Å². The third-order valence-electron chi connectivity index (χ3n) is 7.52. The Labute approximate surface area is 191 Å². The third kappa shape index (κ3) is 3.59. The van der Waals surface area contributed by atoms with Crippen molar-refractivity contribution in [3.8, 4) is 0 Å². The van der Waals surface area contributed by atoms with Crippen LogP contribution >= 0.6 is 0 Å². The zero-order valence-corrected chi connectivity index (χ0v) is 18.3. The van der Waals surface area contributed by atoms with E-state index in [1.807, 2.05) is 30.3 Å². The van der Waals surface area contributed by atoms with Gasteiger partial charge in [0.2, 0.25) is 17.7 Å². The van der Waals surface area contributed by atoms with E-state index in [1.54, 1.807) is 19.1 Å². The van der Waals surface area contributed by atoms with Crippen LogP contribution in [0.1, 0.15) is 30.4 Å². The van der Waals surface area contributed by atoms with Gasteiger partial charge in [0.05, 0.1) is 16.8 Å². The van der Waals surface area contributed by atoms with Crippen LogP contribution in [-0.4, -0.2) is 33.6 Å². The number of benzene rings is 2. The van der Waals surface area contributed by atoms with Gasteiger partial charge in [-0.2, -0.15) is 0 Å². The summed E-state index contributed by atoms with van der Waals surface area (Å²) in [5.74, 6) is -1.20. The molecular formula is C25H25N3O5. The van der Waals surface area contributed by atoms with E-state index in [0.29, 0.717) is 5.56 Å². The molecule has 1 N–H and O–H groups in total. The van der Waals surface area contributed by atoms with Gasteiger partial charge in [0.1, 0.15) is 6.04 Å². The number of likely N-dealkylation sites (tertiary alicyclic amines) is 1.